The van der Waals surface area contributed by atoms with Crippen LogP contribution in [0.15, 0.2) is 0 Å². The number of rotatable bonds is 5. The van der Waals surface area contributed by atoms with Crippen LogP contribution >= 0.6 is 11.8 Å². The summed E-state index contributed by atoms with van der Waals surface area (Å²) < 4.78 is 38.7. The summed E-state index contributed by atoms with van der Waals surface area (Å²) in [7, 11) is 0. The molecule has 0 aromatic rings. The predicted molar refractivity (Wildman–Crippen MR) is 41.6 cm³/mol. The highest BCUT2D eigenvalue weighted by atomic mass is 32.2. The van der Waals surface area contributed by atoms with Crippen molar-refractivity contribution in [2.24, 2.45) is 0 Å². The van der Waals surface area contributed by atoms with Crippen LogP contribution in [0.4, 0.5) is 13.2 Å². The molecule has 1 N–H and O–H groups in total. The Morgan fingerprint density at radius 1 is 1.62 bits per heavy atom. The van der Waals surface area contributed by atoms with Crippen LogP contribution in [0.2, 0.25) is 0 Å². The molecule has 0 saturated heterocycles. The van der Waals surface area contributed by atoms with Crippen LogP contribution in [0.5, 0.6) is 0 Å². The van der Waals surface area contributed by atoms with Crippen molar-refractivity contribution in [3.05, 3.63) is 0 Å². The van der Waals surface area contributed by atoms with Crippen molar-refractivity contribution in [3.63, 3.8) is 0 Å². The van der Waals surface area contributed by atoms with E-state index in [1.807, 2.05) is 0 Å². The van der Waals surface area contributed by atoms with Gasteiger partial charge < -0.3 is 9.84 Å². The van der Waals surface area contributed by atoms with E-state index in [1.165, 1.54) is 6.92 Å². The normalized spacial score (nSPS) is 14.2. The van der Waals surface area contributed by atoms with Gasteiger partial charge in [0.1, 0.15) is 11.9 Å². The molecule has 0 bridgehead atoms. The summed E-state index contributed by atoms with van der Waals surface area (Å²) in [6.07, 6.45) is -4.35. The quantitative estimate of drug-likeness (QED) is 0.564. The highest BCUT2D eigenvalue weighted by Gasteiger charge is 2.27. The number of carbonyl (C=O) groups is 1. The molecular weight excluding hydrogens is 209 g/mol. The predicted octanol–water partition coefficient (Wildman–Crippen LogP) is 1.73. The number of aliphatic carboxylic acids is 1. The van der Waals surface area contributed by atoms with Crippen molar-refractivity contribution in [1.82, 2.24) is 0 Å². The van der Waals surface area contributed by atoms with E-state index in [1.54, 1.807) is 0 Å². The third kappa shape index (κ3) is 7.92. The molecule has 0 saturated carbocycles. The minimum Gasteiger partial charge on any atom is -0.480 e. The highest BCUT2D eigenvalue weighted by Crippen LogP contribution is 2.17. The van der Waals surface area contributed by atoms with Gasteiger partial charge in [-0.25, -0.2) is 0 Å². The Balaban J connectivity index is 3.41. The van der Waals surface area contributed by atoms with Crippen molar-refractivity contribution in [2.45, 2.75) is 18.3 Å². The van der Waals surface area contributed by atoms with E-state index in [-0.39, 0.29) is 5.94 Å². The monoisotopic (exact) mass is 218 g/mol. The summed E-state index contributed by atoms with van der Waals surface area (Å²) >= 11 is 0.803. The lowest BCUT2D eigenvalue weighted by Crippen LogP contribution is -2.18. The van der Waals surface area contributed by atoms with Crippen molar-refractivity contribution in [1.29, 1.82) is 0 Å². The fourth-order valence-electron chi connectivity index (χ4n) is 0.379. The number of hydrogen-bond acceptors (Lipinski definition) is 3. The Labute approximate surface area is 77.3 Å². The summed E-state index contributed by atoms with van der Waals surface area (Å²) in [5.41, 5.74) is 0. The van der Waals surface area contributed by atoms with Gasteiger partial charge in [-0.1, -0.05) is 0 Å². The van der Waals surface area contributed by atoms with E-state index in [0.717, 1.165) is 11.8 Å². The summed E-state index contributed by atoms with van der Waals surface area (Å²) in [4.78, 5) is 10.2. The molecule has 3 nitrogen and oxygen atoms in total. The van der Waals surface area contributed by atoms with Crippen molar-refractivity contribution in [2.75, 3.05) is 12.5 Å². The lowest BCUT2D eigenvalue weighted by Gasteiger charge is -2.08. The molecule has 0 amide bonds. The molecule has 0 aliphatic rings. The molecule has 0 rings (SSSR count). The molecule has 0 fully saturated rings. The van der Waals surface area contributed by atoms with E-state index in [9.17, 15) is 18.0 Å². The smallest absolute Gasteiger partial charge is 0.411 e. The number of carboxylic acid groups (broad SMARTS) is 1. The van der Waals surface area contributed by atoms with Gasteiger partial charge in [-0.3, -0.25) is 4.79 Å². The van der Waals surface area contributed by atoms with E-state index >= 15 is 0 Å². The van der Waals surface area contributed by atoms with Gasteiger partial charge in [-0.15, -0.1) is 11.8 Å². The molecule has 13 heavy (non-hydrogen) atoms. The number of hydrogen-bond donors (Lipinski definition) is 1. The summed E-state index contributed by atoms with van der Waals surface area (Å²) in [5, 5.41) is 7.59. The summed E-state index contributed by atoms with van der Waals surface area (Å²) in [6.45, 7) is 0.0380. The molecule has 0 radical (unpaired) electrons. The summed E-state index contributed by atoms with van der Waals surface area (Å²) in [5.74, 6) is -1.34. The van der Waals surface area contributed by atoms with Gasteiger partial charge in [0.05, 0.1) is 5.94 Å². The average molecular weight is 218 g/mol. The second-order valence-electron chi connectivity index (χ2n) is 2.23. The van der Waals surface area contributed by atoms with Gasteiger partial charge >= 0.3 is 12.1 Å². The standard InChI is InChI=1S/C6H9F3O3S/c1-4(5(10)11)13-3-12-2-6(7,8)9/h4H,2-3H2,1H3,(H,10,11). The van der Waals surface area contributed by atoms with Crippen LogP contribution in [-0.2, 0) is 9.53 Å². The van der Waals surface area contributed by atoms with Crippen molar-refractivity contribution in [3.8, 4) is 0 Å². The summed E-state index contributed by atoms with van der Waals surface area (Å²) in [6, 6.07) is 0. The van der Waals surface area contributed by atoms with Gasteiger partial charge in [-0.05, 0) is 6.92 Å². The number of thioether (sulfide) groups is 1. The van der Waals surface area contributed by atoms with Crippen LogP contribution in [0.1, 0.15) is 6.92 Å². The first-order valence-electron chi connectivity index (χ1n) is 3.32. The van der Waals surface area contributed by atoms with E-state index in [0.29, 0.717) is 0 Å². The van der Waals surface area contributed by atoms with Crippen LogP contribution in [0, 0.1) is 0 Å². The van der Waals surface area contributed by atoms with E-state index in [2.05, 4.69) is 4.74 Å². The second-order valence-corrected chi connectivity index (χ2v) is 3.50. The van der Waals surface area contributed by atoms with E-state index < -0.39 is 24.0 Å². The first kappa shape index (κ1) is 12.6. The Kier molecular flexibility index (Phi) is 5.16. The Bertz CT molecular complexity index is 171. The number of carboxylic acids is 1. The largest absolute Gasteiger partial charge is 0.480 e. The van der Waals surface area contributed by atoms with Crippen LogP contribution in [0.3, 0.4) is 0 Å². The fraction of sp³-hybridized carbons (Fsp3) is 0.833. The average Bonchev–Trinajstić information content (AvgIpc) is 1.95. The zero-order valence-corrected chi connectivity index (χ0v) is 7.61. The van der Waals surface area contributed by atoms with Crippen LogP contribution < -0.4 is 0 Å². The second kappa shape index (κ2) is 5.33. The zero-order chi connectivity index (χ0) is 10.5. The molecule has 0 spiro atoms. The first-order valence-corrected chi connectivity index (χ1v) is 4.36. The van der Waals surface area contributed by atoms with Crippen molar-refractivity contribution < 1.29 is 27.8 Å². The molecule has 1 unspecified atom stereocenters. The van der Waals surface area contributed by atoms with Crippen molar-refractivity contribution >= 4 is 17.7 Å². The Morgan fingerprint density at radius 2 is 2.15 bits per heavy atom. The Hall–Kier alpha value is -0.430. The van der Waals surface area contributed by atoms with Gasteiger partial charge in [0.25, 0.3) is 0 Å². The maximum absolute atomic E-state index is 11.5. The molecular formula is C6H9F3O3S. The molecule has 0 aliphatic heterocycles. The minimum atomic E-state index is -4.35. The fourth-order valence-corrected chi connectivity index (χ4v) is 0.905. The molecule has 7 heteroatoms. The number of ether oxygens (including phenoxy) is 1. The van der Waals surface area contributed by atoms with E-state index in [4.69, 9.17) is 5.11 Å². The number of halogens is 3. The lowest BCUT2D eigenvalue weighted by atomic mass is 10.5. The topological polar surface area (TPSA) is 46.5 Å². The molecule has 0 aromatic heterocycles. The SMILES string of the molecule is CC(SCOCC(F)(F)F)C(=O)O. The number of alkyl halides is 3. The molecule has 0 aliphatic carbocycles. The molecule has 78 valence electrons. The highest BCUT2D eigenvalue weighted by molar-refractivity contribution is 8.00. The molecule has 0 heterocycles. The molecule has 1 atom stereocenters. The third-order valence-electron chi connectivity index (χ3n) is 1.01. The molecule has 0 aromatic carbocycles. The lowest BCUT2D eigenvalue weighted by molar-refractivity contribution is -0.168. The first-order chi connectivity index (χ1) is 5.83. The third-order valence-corrected chi connectivity index (χ3v) is 2.02. The zero-order valence-electron chi connectivity index (χ0n) is 6.80. The van der Waals surface area contributed by atoms with Crippen LogP contribution in [-0.4, -0.2) is 35.0 Å². The maximum Gasteiger partial charge on any atom is 0.411 e. The van der Waals surface area contributed by atoms with Gasteiger partial charge in [0, 0.05) is 0 Å². The minimum absolute atomic E-state index is 0.271. The Morgan fingerprint density at radius 3 is 2.54 bits per heavy atom. The van der Waals surface area contributed by atoms with Gasteiger partial charge in [0.15, 0.2) is 0 Å². The van der Waals surface area contributed by atoms with Gasteiger partial charge in [-0.2, -0.15) is 13.2 Å². The maximum atomic E-state index is 11.5. The van der Waals surface area contributed by atoms with Gasteiger partial charge in [0.2, 0.25) is 0 Å². The van der Waals surface area contributed by atoms with Crippen LogP contribution in [0.25, 0.3) is 0 Å².